The highest BCUT2D eigenvalue weighted by molar-refractivity contribution is 6.30. The van der Waals surface area contributed by atoms with Gasteiger partial charge in [-0.15, -0.1) is 0 Å². The van der Waals surface area contributed by atoms with Gasteiger partial charge < -0.3 is 36.9 Å². The summed E-state index contributed by atoms with van der Waals surface area (Å²) in [5.74, 6) is 0.813. The van der Waals surface area contributed by atoms with Crippen molar-refractivity contribution in [1.29, 1.82) is 0 Å². The molecule has 0 spiro atoms. The van der Waals surface area contributed by atoms with Gasteiger partial charge in [0.1, 0.15) is 18.3 Å². The van der Waals surface area contributed by atoms with Gasteiger partial charge in [0, 0.05) is 42.5 Å². The first-order valence-corrected chi connectivity index (χ1v) is 13.2. The highest BCUT2D eigenvalue weighted by atomic mass is 35.5. The number of nitrogens with one attached hydrogen (secondary N) is 3. The molecule has 7 N–H and O–H groups in total. The zero-order valence-corrected chi connectivity index (χ0v) is 26.1. The number of hydrogen-bond acceptors (Lipinski definition) is 8. The number of aldehydes is 2. The van der Waals surface area contributed by atoms with Crippen molar-refractivity contribution in [2.75, 3.05) is 40.1 Å². The van der Waals surface area contributed by atoms with Gasteiger partial charge in [0.15, 0.2) is 0 Å². The number of halogens is 1. The fraction of sp³-hybridized carbons (Fsp3) is 0.400. The lowest BCUT2D eigenvalue weighted by molar-refractivity contribution is -0.108. The molecular weight excluding hydrogens is 546 g/mol. The highest BCUT2D eigenvalue weighted by Crippen LogP contribution is 2.34. The quantitative estimate of drug-likeness (QED) is 0.194. The van der Waals surface area contributed by atoms with Crippen LogP contribution in [0.25, 0.3) is 0 Å². The standard InChI is InChI=1S/C19H26ClNO3.C7H9N.C2H7N.2CH3NO/c1-5-24-18-7-6-16(20)10-14(18)11-19(2,3)12-15(13-23)17(21-4)8-9-22;1-8-7-5-3-2-4-6-7;1-3-2;2*2-1-3/h6-7,9-10,13,21H,5,8,11-12H2,1-4H3;2-6,8H,1H3;3H,1-2H3;2*1H,(H2,2,3)/b17-15-;;;;. The summed E-state index contributed by atoms with van der Waals surface area (Å²) in [6, 6.07) is 15.7. The average Bonchev–Trinajstić information content (AvgIpc) is 2.94. The zero-order chi connectivity index (χ0) is 32.1. The van der Waals surface area contributed by atoms with E-state index in [9.17, 15) is 9.59 Å². The maximum Gasteiger partial charge on any atom is 0.204 e. The molecule has 0 saturated carbocycles. The van der Waals surface area contributed by atoms with Crippen molar-refractivity contribution in [1.82, 2.24) is 10.6 Å². The second-order valence-corrected chi connectivity index (χ2v) is 9.27. The molecule has 0 radical (unpaired) electrons. The Labute approximate surface area is 250 Å². The van der Waals surface area contributed by atoms with E-state index in [2.05, 4.69) is 41.3 Å². The van der Waals surface area contributed by atoms with Gasteiger partial charge in [-0.1, -0.05) is 43.6 Å². The first kappa shape index (κ1) is 41.6. The molecule has 0 saturated heterocycles. The molecule has 11 heteroatoms. The minimum absolute atomic E-state index is 0.197. The maximum atomic E-state index is 11.5. The topological polar surface area (TPSA) is 166 Å². The maximum absolute atomic E-state index is 11.5. The van der Waals surface area contributed by atoms with Crippen molar-refractivity contribution < 1.29 is 23.9 Å². The molecule has 230 valence electrons. The van der Waals surface area contributed by atoms with Crippen LogP contribution in [0.1, 0.15) is 39.2 Å². The Kier molecular flexibility index (Phi) is 28.1. The van der Waals surface area contributed by atoms with Crippen molar-refractivity contribution in [3.8, 4) is 5.75 Å². The molecule has 2 aromatic carbocycles. The monoisotopic (exact) mass is 593 g/mol. The molecule has 0 aromatic heterocycles. The fourth-order valence-corrected chi connectivity index (χ4v) is 3.57. The molecule has 0 atom stereocenters. The molecule has 0 aliphatic rings. The van der Waals surface area contributed by atoms with Crippen LogP contribution in [0.5, 0.6) is 5.75 Å². The van der Waals surface area contributed by atoms with Gasteiger partial charge in [-0.05, 0) is 75.2 Å². The molecule has 0 fully saturated rings. The zero-order valence-electron chi connectivity index (χ0n) is 25.3. The van der Waals surface area contributed by atoms with E-state index in [-0.39, 0.29) is 24.7 Å². The van der Waals surface area contributed by atoms with Crippen molar-refractivity contribution in [2.45, 2.75) is 40.0 Å². The van der Waals surface area contributed by atoms with Gasteiger partial charge in [0.2, 0.25) is 12.8 Å². The van der Waals surface area contributed by atoms with Gasteiger partial charge in [-0.3, -0.25) is 14.4 Å². The Morgan fingerprint density at radius 2 is 1.49 bits per heavy atom. The lowest BCUT2D eigenvalue weighted by Gasteiger charge is -2.27. The second-order valence-electron chi connectivity index (χ2n) is 8.83. The van der Waals surface area contributed by atoms with E-state index >= 15 is 0 Å². The Balaban J connectivity index is -0.000000689. The molecule has 41 heavy (non-hydrogen) atoms. The molecule has 0 aliphatic heterocycles. The van der Waals surface area contributed by atoms with E-state index in [0.717, 1.165) is 29.6 Å². The molecule has 0 bridgehead atoms. The molecule has 0 heterocycles. The summed E-state index contributed by atoms with van der Waals surface area (Å²) in [6.07, 6.45) is 3.60. The number of ether oxygens (including phenoxy) is 1. The number of carbonyl (C=O) groups is 4. The van der Waals surface area contributed by atoms with Gasteiger partial charge in [0.25, 0.3) is 0 Å². The molecule has 0 unspecified atom stereocenters. The predicted octanol–water partition coefficient (Wildman–Crippen LogP) is 3.73. The van der Waals surface area contributed by atoms with E-state index in [0.29, 0.717) is 35.7 Å². The Morgan fingerprint density at radius 3 is 1.88 bits per heavy atom. The number of amides is 2. The lowest BCUT2D eigenvalue weighted by Crippen LogP contribution is -2.20. The van der Waals surface area contributed by atoms with E-state index < -0.39 is 0 Å². The summed E-state index contributed by atoms with van der Waals surface area (Å²) in [6.45, 7) is 6.69. The van der Waals surface area contributed by atoms with Gasteiger partial charge >= 0.3 is 0 Å². The molecule has 10 nitrogen and oxygen atoms in total. The molecule has 2 amide bonds. The number of para-hydroxylation sites is 1. The van der Waals surface area contributed by atoms with E-state index in [1.165, 1.54) is 0 Å². The molecule has 2 aromatic rings. The van der Waals surface area contributed by atoms with Crippen LogP contribution in [0.3, 0.4) is 0 Å². The van der Waals surface area contributed by atoms with Crippen LogP contribution < -0.4 is 32.2 Å². The predicted molar refractivity (Wildman–Crippen MR) is 169 cm³/mol. The van der Waals surface area contributed by atoms with E-state index in [4.69, 9.17) is 25.9 Å². The van der Waals surface area contributed by atoms with Gasteiger partial charge in [0.05, 0.1) is 6.61 Å². The normalized spacial score (nSPS) is 9.95. The third-order valence-electron chi connectivity index (χ3n) is 4.84. The van der Waals surface area contributed by atoms with Crippen LogP contribution >= 0.6 is 11.6 Å². The van der Waals surface area contributed by atoms with Crippen molar-refractivity contribution in [3.63, 3.8) is 0 Å². The summed E-state index contributed by atoms with van der Waals surface area (Å²) < 4.78 is 5.68. The van der Waals surface area contributed by atoms with Gasteiger partial charge in [-0.2, -0.15) is 0 Å². The summed E-state index contributed by atoms with van der Waals surface area (Å²) in [5.41, 5.74) is 11.6. The Hall–Kier alpha value is -3.89. The number of rotatable bonds is 11. The van der Waals surface area contributed by atoms with Crippen LogP contribution in [0.15, 0.2) is 59.8 Å². The van der Waals surface area contributed by atoms with Crippen LogP contribution in [0, 0.1) is 5.41 Å². The summed E-state index contributed by atoms with van der Waals surface area (Å²) in [4.78, 5) is 39.4. The number of benzene rings is 2. The van der Waals surface area contributed by atoms with Crippen LogP contribution in [0.2, 0.25) is 5.02 Å². The summed E-state index contributed by atoms with van der Waals surface area (Å²) in [7, 11) is 7.38. The van der Waals surface area contributed by atoms with Crippen LogP contribution in [-0.2, 0) is 25.6 Å². The third kappa shape index (κ3) is 22.6. The number of hydrogen-bond donors (Lipinski definition) is 5. The van der Waals surface area contributed by atoms with E-state index in [1.54, 1.807) is 7.05 Å². The number of allylic oxidation sites excluding steroid dienone is 2. The molecule has 2 rings (SSSR count). The Morgan fingerprint density at radius 1 is 0.951 bits per heavy atom. The number of nitrogens with two attached hydrogens (primary N) is 2. The first-order valence-electron chi connectivity index (χ1n) is 12.9. The number of carbonyl (C=O) groups excluding carboxylic acids is 4. The van der Waals surface area contributed by atoms with Crippen LogP contribution in [-0.4, -0.2) is 60.2 Å². The lowest BCUT2D eigenvalue weighted by atomic mass is 9.79. The highest BCUT2D eigenvalue weighted by Gasteiger charge is 2.24. The first-order chi connectivity index (χ1) is 19.5. The van der Waals surface area contributed by atoms with Crippen molar-refractivity contribution in [2.24, 2.45) is 16.9 Å². The molecule has 0 aliphatic carbocycles. The summed E-state index contributed by atoms with van der Waals surface area (Å²) in [5, 5.41) is 9.39. The number of primary amides is 2. The van der Waals surface area contributed by atoms with Crippen LogP contribution in [0.4, 0.5) is 5.69 Å². The third-order valence-corrected chi connectivity index (χ3v) is 5.08. The van der Waals surface area contributed by atoms with Crippen molar-refractivity contribution >= 4 is 42.7 Å². The average molecular weight is 594 g/mol. The van der Waals surface area contributed by atoms with Crippen molar-refractivity contribution in [3.05, 3.63) is 70.4 Å². The number of anilines is 1. The Bertz CT molecular complexity index is 996. The van der Waals surface area contributed by atoms with E-state index in [1.807, 2.05) is 76.6 Å². The minimum Gasteiger partial charge on any atom is -0.494 e. The summed E-state index contributed by atoms with van der Waals surface area (Å²) >= 11 is 6.12. The molecular formula is C30H48ClN5O5. The second kappa shape index (κ2) is 27.7. The SMILES string of the molecule is CCOc1ccc(Cl)cc1CC(C)(C)C/C(C=O)=C(\CC=O)NC.CNC.CNc1ccccc1.NC=O.NC=O. The smallest absolute Gasteiger partial charge is 0.204 e. The fourth-order valence-electron chi connectivity index (χ4n) is 3.38. The van der Waals surface area contributed by atoms with Gasteiger partial charge in [-0.25, -0.2) is 0 Å². The largest absolute Gasteiger partial charge is 0.494 e. The minimum atomic E-state index is -0.197.